The Balaban J connectivity index is 2.04. The fourth-order valence-corrected chi connectivity index (χ4v) is 3.69. The molecule has 1 heterocycles. The Morgan fingerprint density at radius 3 is 1.88 bits per heavy atom. The van der Waals surface area contributed by atoms with Crippen molar-refractivity contribution in [2.24, 2.45) is 7.05 Å². The van der Waals surface area contributed by atoms with Gasteiger partial charge < -0.3 is 4.57 Å². The lowest BCUT2D eigenvalue weighted by molar-refractivity contribution is 0.962. The van der Waals surface area contributed by atoms with Crippen molar-refractivity contribution in [3.8, 4) is 11.4 Å². The molecule has 0 atom stereocenters. The van der Waals surface area contributed by atoms with E-state index >= 15 is 0 Å². The molecule has 0 aliphatic rings. The van der Waals surface area contributed by atoms with Gasteiger partial charge in [-0.05, 0) is 10.8 Å². The Morgan fingerprint density at radius 1 is 0.625 bits per heavy atom. The first-order chi connectivity index (χ1) is 11.8. The molecule has 5 aromatic rings. The molecule has 0 aliphatic carbocycles. The summed E-state index contributed by atoms with van der Waals surface area (Å²) in [6.45, 7) is 0. The molecule has 0 amide bonds. The van der Waals surface area contributed by atoms with Crippen molar-refractivity contribution in [2.75, 3.05) is 0 Å². The molecule has 5 rings (SSSR count). The van der Waals surface area contributed by atoms with Gasteiger partial charge >= 0.3 is 0 Å². The van der Waals surface area contributed by atoms with Crippen LogP contribution in [0.3, 0.4) is 0 Å². The minimum Gasteiger partial charge on any atom is -0.327 e. The largest absolute Gasteiger partial charge is 0.327 e. The number of imidazole rings is 1. The maximum absolute atomic E-state index is 5.02. The Bertz CT molecular complexity index is 1200. The molecule has 1 aromatic heterocycles. The smallest absolute Gasteiger partial charge is 0.140 e. The lowest BCUT2D eigenvalue weighted by Gasteiger charge is -2.08. The maximum Gasteiger partial charge on any atom is 0.140 e. The van der Waals surface area contributed by atoms with Crippen molar-refractivity contribution in [3.63, 3.8) is 0 Å². The van der Waals surface area contributed by atoms with E-state index in [4.69, 9.17) is 4.98 Å². The molecule has 0 radical (unpaired) electrons. The summed E-state index contributed by atoms with van der Waals surface area (Å²) in [5.41, 5.74) is 3.41. The molecule has 4 aromatic carbocycles. The van der Waals surface area contributed by atoms with E-state index in [2.05, 4.69) is 84.4 Å². The number of rotatable bonds is 1. The second kappa shape index (κ2) is 4.93. The summed E-state index contributed by atoms with van der Waals surface area (Å²) in [5.74, 6) is 1.01. The summed E-state index contributed by atoms with van der Waals surface area (Å²) < 4.78 is 2.22. The highest BCUT2D eigenvalue weighted by atomic mass is 15.1. The van der Waals surface area contributed by atoms with Gasteiger partial charge in [0.05, 0.1) is 11.0 Å². The van der Waals surface area contributed by atoms with Crippen molar-refractivity contribution in [1.82, 2.24) is 9.55 Å². The number of nitrogens with zero attached hydrogens (tertiary/aromatic N) is 2. The number of hydrogen-bond donors (Lipinski definition) is 0. The van der Waals surface area contributed by atoms with Gasteiger partial charge in [0.15, 0.2) is 0 Å². The van der Waals surface area contributed by atoms with Crippen LogP contribution in [0.15, 0.2) is 78.9 Å². The average Bonchev–Trinajstić information content (AvgIpc) is 3.01. The van der Waals surface area contributed by atoms with E-state index in [1.54, 1.807) is 0 Å². The van der Waals surface area contributed by atoms with E-state index in [0.717, 1.165) is 16.9 Å². The van der Waals surface area contributed by atoms with Crippen molar-refractivity contribution in [3.05, 3.63) is 78.9 Å². The molecule has 0 saturated carbocycles. The van der Waals surface area contributed by atoms with Gasteiger partial charge in [0.2, 0.25) is 0 Å². The quantitative estimate of drug-likeness (QED) is 0.371. The number of aryl methyl sites for hydroxylation is 1. The van der Waals surface area contributed by atoms with E-state index < -0.39 is 0 Å². The number of fused-ring (bicyclic) bond motifs is 6. The Kier molecular flexibility index (Phi) is 2.74. The summed E-state index contributed by atoms with van der Waals surface area (Å²) in [5, 5.41) is 5.01. The van der Waals surface area contributed by atoms with Crippen molar-refractivity contribution in [2.45, 2.75) is 0 Å². The van der Waals surface area contributed by atoms with Gasteiger partial charge in [-0.25, -0.2) is 4.98 Å². The zero-order valence-electron chi connectivity index (χ0n) is 13.4. The molecule has 2 heteroatoms. The molecule has 2 nitrogen and oxygen atoms in total. The highest BCUT2D eigenvalue weighted by Crippen LogP contribution is 2.36. The van der Waals surface area contributed by atoms with Gasteiger partial charge in [-0.1, -0.05) is 78.9 Å². The first-order valence-corrected chi connectivity index (χ1v) is 8.16. The number of hydrogen-bond acceptors (Lipinski definition) is 1. The molecular formula is C22H16N2. The molecule has 0 bridgehead atoms. The summed E-state index contributed by atoms with van der Waals surface area (Å²) in [4.78, 5) is 5.02. The number of benzene rings is 4. The minimum absolute atomic E-state index is 1.01. The van der Waals surface area contributed by atoms with E-state index in [1.165, 1.54) is 27.1 Å². The molecule has 24 heavy (non-hydrogen) atoms. The van der Waals surface area contributed by atoms with Crippen LogP contribution in [0.2, 0.25) is 0 Å². The second-order valence-corrected chi connectivity index (χ2v) is 6.15. The van der Waals surface area contributed by atoms with E-state index in [9.17, 15) is 0 Å². The van der Waals surface area contributed by atoms with E-state index in [0.29, 0.717) is 0 Å². The Hall–Kier alpha value is -3.13. The van der Waals surface area contributed by atoms with Gasteiger partial charge in [0, 0.05) is 23.4 Å². The van der Waals surface area contributed by atoms with E-state index in [1.807, 2.05) is 6.07 Å². The van der Waals surface area contributed by atoms with Crippen molar-refractivity contribution >= 4 is 32.6 Å². The molecule has 0 saturated heterocycles. The van der Waals surface area contributed by atoms with Crippen molar-refractivity contribution in [1.29, 1.82) is 0 Å². The molecule has 0 fully saturated rings. The van der Waals surface area contributed by atoms with Crippen LogP contribution in [0.25, 0.3) is 44.0 Å². The Morgan fingerprint density at radius 2 is 1.17 bits per heavy atom. The fourth-order valence-electron chi connectivity index (χ4n) is 3.69. The van der Waals surface area contributed by atoms with Crippen LogP contribution in [0.4, 0.5) is 0 Å². The summed E-state index contributed by atoms with van der Waals surface area (Å²) >= 11 is 0. The normalized spacial score (nSPS) is 11.5. The van der Waals surface area contributed by atoms with Gasteiger partial charge in [-0.2, -0.15) is 0 Å². The predicted molar refractivity (Wildman–Crippen MR) is 101 cm³/mol. The topological polar surface area (TPSA) is 17.8 Å². The zero-order valence-corrected chi connectivity index (χ0v) is 13.4. The van der Waals surface area contributed by atoms with E-state index in [-0.39, 0.29) is 0 Å². The van der Waals surface area contributed by atoms with Crippen LogP contribution in [0.1, 0.15) is 0 Å². The predicted octanol–water partition coefficient (Wildman–Crippen LogP) is 5.55. The van der Waals surface area contributed by atoms with Gasteiger partial charge in [0.25, 0.3) is 0 Å². The van der Waals surface area contributed by atoms with Crippen LogP contribution in [0.5, 0.6) is 0 Å². The van der Waals surface area contributed by atoms with Crippen LogP contribution in [-0.2, 0) is 7.05 Å². The lowest BCUT2D eigenvalue weighted by atomic mass is 10.00. The first-order valence-electron chi connectivity index (χ1n) is 8.16. The Labute approximate surface area is 140 Å². The van der Waals surface area contributed by atoms with Crippen LogP contribution in [-0.4, -0.2) is 9.55 Å². The molecule has 0 aliphatic heterocycles. The molecule has 0 spiro atoms. The standard InChI is InChI=1S/C22H16N2/c1-24-21-19-14-8-6-12-17(19)16-11-5-7-13-18(16)20(21)23-22(24)15-9-3-2-4-10-15/h2-14H,1H3. The number of aromatic nitrogens is 2. The first kappa shape index (κ1) is 13.3. The fraction of sp³-hybridized carbons (Fsp3) is 0.0455. The third-order valence-electron chi connectivity index (χ3n) is 4.78. The summed E-state index contributed by atoms with van der Waals surface area (Å²) in [7, 11) is 2.11. The minimum atomic E-state index is 1.01. The zero-order chi connectivity index (χ0) is 16.1. The molecule has 0 N–H and O–H groups in total. The monoisotopic (exact) mass is 308 g/mol. The highest BCUT2D eigenvalue weighted by molar-refractivity contribution is 6.23. The SMILES string of the molecule is Cn1c(-c2ccccc2)nc2c3ccccc3c3ccccc3c21. The summed E-state index contributed by atoms with van der Waals surface area (Å²) in [6.07, 6.45) is 0. The van der Waals surface area contributed by atoms with Crippen molar-refractivity contribution < 1.29 is 0 Å². The van der Waals surface area contributed by atoms with Crippen LogP contribution >= 0.6 is 0 Å². The second-order valence-electron chi connectivity index (χ2n) is 6.15. The maximum atomic E-state index is 5.02. The van der Waals surface area contributed by atoms with Gasteiger partial charge in [0.1, 0.15) is 5.82 Å². The highest BCUT2D eigenvalue weighted by Gasteiger charge is 2.16. The molecule has 114 valence electrons. The van der Waals surface area contributed by atoms with Gasteiger partial charge in [-0.15, -0.1) is 0 Å². The van der Waals surface area contributed by atoms with Crippen LogP contribution in [0, 0.1) is 0 Å². The average molecular weight is 308 g/mol. The molecule has 0 unspecified atom stereocenters. The lowest BCUT2D eigenvalue weighted by Crippen LogP contribution is -1.92. The summed E-state index contributed by atoms with van der Waals surface area (Å²) in [6, 6.07) is 27.5. The third-order valence-corrected chi connectivity index (χ3v) is 4.78. The van der Waals surface area contributed by atoms with Gasteiger partial charge in [-0.3, -0.25) is 0 Å². The third kappa shape index (κ3) is 1.74. The molecular weight excluding hydrogens is 292 g/mol. The van der Waals surface area contributed by atoms with Crippen LogP contribution < -0.4 is 0 Å².